The Balaban J connectivity index is 1.87. The van der Waals surface area contributed by atoms with Crippen LogP contribution in [0.5, 0.6) is 0 Å². The maximum atomic E-state index is 4.64. The lowest BCUT2D eigenvalue weighted by Crippen LogP contribution is -2.39. The van der Waals surface area contributed by atoms with E-state index in [2.05, 4.69) is 49.0 Å². The first-order valence-corrected chi connectivity index (χ1v) is 9.57. The quantitative estimate of drug-likeness (QED) is 0.407. The van der Waals surface area contributed by atoms with Crippen molar-refractivity contribution in [1.82, 2.24) is 30.0 Å². The number of aromatic nitrogens is 4. The van der Waals surface area contributed by atoms with Gasteiger partial charge in [0.2, 0.25) is 0 Å². The first-order chi connectivity index (χ1) is 11.7. The Bertz CT molecular complexity index is 618. The molecule has 0 aliphatic heterocycles. The molecule has 0 radical (unpaired) electrons. The SMILES string of the molecule is CSCCCNC(=NCc1nnc(C)n1C)NCCn1cccc1. The maximum absolute atomic E-state index is 4.64. The first-order valence-electron chi connectivity index (χ1n) is 8.17. The Morgan fingerprint density at radius 3 is 2.62 bits per heavy atom. The summed E-state index contributed by atoms with van der Waals surface area (Å²) in [6, 6.07) is 4.07. The molecule has 0 atom stereocenters. The molecule has 0 spiro atoms. The molecular weight excluding hydrogens is 322 g/mol. The van der Waals surface area contributed by atoms with E-state index in [1.807, 2.05) is 42.4 Å². The summed E-state index contributed by atoms with van der Waals surface area (Å²) >= 11 is 1.86. The molecule has 2 heterocycles. The van der Waals surface area contributed by atoms with Crippen molar-refractivity contribution < 1.29 is 0 Å². The molecule has 0 saturated heterocycles. The van der Waals surface area contributed by atoms with Crippen molar-refractivity contribution in [1.29, 1.82) is 0 Å². The van der Waals surface area contributed by atoms with Gasteiger partial charge < -0.3 is 19.8 Å². The Labute approximate surface area is 148 Å². The summed E-state index contributed by atoms with van der Waals surface area (Å²) in [4.78, 5) is 4.64. The summed E-state index contributed by atoms with van der Waals surface area (Å²) in [5, 5.41) is 15.0. The van der Waals surface area contributed by atoms with Gasteiger partial charge in [-0.05, 0) is 37.5 Å². The fraction of sp³-hybridized carbons (Fsp3) is 0.562. The molecule has 0 unspecified atom stereocenters. The van der Waals surface area contributed by atoms with Crippen LogP contribution in [0.3, 0.4) is 0 Å². The number of thioether (sulfide) groups is 1. The van der Waals surface area contributed by atoms with Crippen molar-refractivity contribution >= 4 is 17.7 Å². The summed E-state index contributed by atoms with van der Waals surface area (Å²) in [6.07, 6.45) is 7.36. The van der Waals surface area contributed by atoms with Crippen molar-refractivity contribution in [2.75, 3.05) is 25.1 Å². The van der Waals surface area contributed by atoms with Crippen LogP contribution in [0, 0.1) is 6.92 Å². The minimum absolute atomic E-state index is 0.513. The summed E-state index contributed by atoms with van der Waals surface area (Å²) in [5.41, 5.74) is 0. The lowest BCUT2D eigenvalue weighted by molar-refractivity contribution is 0.660. The predicted molar refractivity (Wildman–Crippen MR) is 100 cm³/mol. The average molecular weight is 350 g/mol. The fourth-order valence-corrected chi connectivity index (χ4v) is 2.59. The number of hydrogen-bond donors (Lipinski definition) is 2. The van der Waals surface area contributed by atoms with Gasteiger partial charge in [-0.25, -0.2) is 4.99 Å². The molecule has 0 fully saturated rings. The summed E-state index contributed by atoms with van der Waals surface area (Å²) < 4.78 is 4.11. The van der Waals surface area contributed by atoms with E-state index in [4.69, 9.17) is 0 Å². The molecule has 7 nitrogen and oxygen atoms in total. The zero-order valence-corrected chi connectivity index (χ0v) is 15.5. The predicted octanol–water partition coefficient (Wildman–Crippen LogP) is 1.41. The summed E-state index contributed by atoms with van der Waals surface area (Å²) in [7, 11) is 1.96. The number of aliphatic imine (C=N–C) groups is 1. The topological polar surface area (TPSA) is 72.1 Å². The third-order valence-electron chi connectivity index (χ3n) is 3.71. The van der Waals surface area contributed by atoms with Gasteiger partial charge in [-0.3, -0.25) is 0 Å². The second-order valence-electron chi connectivity index (χ2n) is 5.51. The van der Waals surface area contributed by atoms with Crippen LogP contribution in [-0.2, 0) is 20.1 Å². The van der Waals surface area contributed by atoms with E-state index in [-0.39, 0.29) is 0 Å². The van der Waals surface area contributed by atoms with Crippen LogP contribution >= 0.6 is 11.8 Å². The molecule has 0 aliphatic rings. The molecule has 0 amide bonds. The third kappa shape index (κ3) is 5.92. The smallest absolute Gasteiger partial charge is 0.191 e. The van der Waals surface area contributed by atoms with Crippen molar-refractivity contribution in [3.8, 4) is 0 Å². The third-order valence-corrected chi connectivity index (χ3v) is 4.40. The number of hydrogen-bond acceptors (Lipinski definition) is 4. The lowest BCUT2D eigenvalue weighted by atomic mass is 10.5. The van der Waals surface area contributed by atoms with Gasteiger partial charge in [0.15, 0.2) is 11.8 Å². The molecule has 2 aromatic rings. The van der Waals surface area contributed by atoms with Gasteiger partial charge in [0, 0.05) is 39.1 Å². The zero-order valence-electron chi connectivity index (χ0n) is 14.7. The summed E-state index contributed by atoms with van der Waals surface area (Å²) in [5.74, 6) is 3.73. The number of rotatable bonds is 9. The number of nitrogens with one attached hydrogen (secondary N) is 2. The van der Waals surface area contributed by atoms with E-state index < -0.39 is 0 Å². The number of guanidine groups is 1. The largest absolute Gasteiger partial charge is 0.356 e. The van der Waals surface area contributed by atoms with Crippen LogP contribution in [0.25, 0.3) is 0 Å². The van der Waals surface area contributed by atoms with E-state index in [9.17, 15) is 0 Å². The highest BCUT2D eigenvalue weighted by Crippen LogP contribution is 1.99. The molecule has 0 bridgehead atoms. The van der Waals surface area contributed by atoms with Crippen LogP contribution in [-0.4, -0.2) is 50.4 Å². The number of aryl methyl sites for hydroxylation is 1. The van der Waals surface area contributed by atoms with Gasteiger partial charge in [0.05, 0.1) is 0 Å². The lowest BCUT2D eigenvalue weighted by Gasteiger charge is -2.13. The highest BCUT2D eigenvalue weighted by Gasteiger charge is 2.05. The Morgan fingerprint density at radius 2 is 1.96 bits per heavy atom. The zero-order chi connectivity index (χ0) is 17.2. The van der Waals surface area contributed by atoms with Crippen molar-refractivity contribution in [2.24, 2.45) is 12.0 Å². The maximum Gasteiger partial charge on any atom is 0.191 e. The van der Waals surface area contributed by atoms with Crippen molar-refractivity contribution in [2.45, 2.75) is 26.4 Å². The molecule has 2 rings (SSSR count). The van der Waals surface area contributed by atoms with Crippen LogP contribution in [0.2, 0.25) is 0 Å². The van der Waals surface area contributed by atoms with E-state index in [1.165, 1.54) is 0 Å². The molecule has 2 aromatic heterocycles. The monoisotopic (exact) mass is 349 g/mol. The van der Waals surface area contributed by atoms with Crippen molar-refractivity contribution in [3.63, 3.8) is 0 Å². The van der Waals surface area contributed by atoms with Gasteiger partial charge in [-0.15, -0.1) is 10.2 Å². The van der Waals surface area contributed by atoms with E-state index >= 15 is 0 Å². The van der Waals surface area contributed by atoms with Gasteiger partial charge in [-0.2, -0.15) is 11.8 Å². The Morgan fingerprint density at radius 1 is 1.21 bits per heavy atom. The standard InChI is InChI=1S/C16H27N7S/c1-14-20-21-15(22(14)2)13-19-16(17-7-6-12-24-3)18-8-11-23-9-4-5-10-23/h4-5,9-10H,6-8,11-13H2,1-3H3,(H2,17,18,19). The average Bonchev–Trinajstić information content (AvgIpc) is 3.20. The molecule has 0 aliphatic carbocycles. The molecule has 8 heteroatoms. The highest BCUT2D eigenvalue weighted by atomic mass is 32.2. The van der Waals surface area contributed by atoms with Crippen molar-refractivity contribution in [3.05, 3.63) is 36.2 Å². The van der Waals surface area contributed by atoms with Crippen LogP contribution in [0.15, 0.2) is 29.5 Å². The van der Waals surface area contributed by atoms with E-state index in [1.54, 1.807) is 0 Å². The van der Waals surface area contributed by atoms with Crippen LogP contribution in [0.4, 0.5) is 0 Å². The van der Waals surface area contributed by atoms with E-state index in [0.29, 0.717) is 6.54 Å². The van der Waals surface area contributed by atoms with Gasteiger partial charge in [0.25, 0.3) is 0 Å². The molecular formula is C16H27N7S. The Kier molecular flexibility index (Phi) is 7.67. The fourth-order valence-electron chi connectivity index (χ4n) is 2.16. The Hall–Kier alpha value is -1.96. The second-order valence-corrected chi connectivity index (χ2v) is 6.49. The van der Waals surface area contributed by atoms with Gasteiger partial charge >= 0.3 is 0 Å². The molecule has 0 saturated carbocycles. The minimum Gasteiger partial charge on any atom is -0.356 e. The number of nitrogens with zero attached hydrogens (tertiary/aromatic N) is 5. The highest BCUT2D eigenvalue weighted by molar-refractivity contribution is 7.98. The van der Waals surface area contributed by atoms with E-state index in [0.717, 1.165) is 49.4 Å². The molecule has 132 valence electrons. The van der Waals surface area contributed by atoms with Gasteiger partial charge in [-0.1, -0.05) is 0 Å². The first kappa shape index (κ1) is 18.4. The van der Waals surface area contributed by atoms with Crippen LogP contribution < -0.4 is 10.6 Å². The van der Waals surface area contributed by atoms with Crippen LogP contribution in [0.1, 0.15) is 18.1 Å². The second kappa shape index (κ2) is 10.0. The normalized spacial score (nSPS) is 11.7. The summed E-state index contributed by atoms with van der Waals surface area (Å²) in [6.45, 7) is 5.09. The molecule has 24 heavy (non-hydrogen) atoms. The molecule has 2 N–H and O–H groups in total. The van der Waals surface area contributed by atoms with Gasteiger partial charge in [0.1, 0.15) is 12.4 Å². The molecule has 0 aromatic carbocycles. The minimum atomic E-state index is 0.513.